The molecule has 0 bridgehead atoms. The average Bonchev–Trinajstić information content (AvgIpc) is 2.73. The zero-order chi connectivity index (χ0) is 21.5. The van der Waals surface area contributed by atoms with Crippen molar-refractivity contribution in [2.75, 3.05) is 12.0 Å². The van der Waals surface area contributed by atoms with Crippen LogP contribution in [0.1, 0.15) is 34.9 Å². The number of aromatic amines is 1. The predicted octanol–water partition coefficient (Wildman–Crippen LogP) is 4.12. The monoisotopic (exact) mass is 406 g/mol. The predicted molar refractivity (Wildman–Crippen MR) is 119 cm³/mol. The van der Waals surface area contributed by atoms with Gasteiger partial charge in [-0.05, 0) is 57.0 Å². The van der Waals surface area contributed by atoms with Gasteiger partial charge in [0.1, 0.15) is 6.61 Å². The van der Waals surface area contributed by atoms with Gasteiger partial charge in [0, 0.05) is 11.3 Å². The maximum absolute atomic E-state index is 11.8. The summed E-state index contributed by atoms with van der Waals surface area (Å²) in [5, 5.41) is 4.15. The molecule has 3 aromatic rings. The van der Waals surface area contributed by atoms with E-state index < -0.39 is 0 Å². The van der Waals surface area contributed by atoms with Crippen LogP contribution >= 0.6 is 0 Å². The van der Waals surface area contributed by atoms with E-state index in [2.05, 4.69) is 39.6 Å². The number of nitrogens with zero attached hydrogens (tertiary/aromatic N) is 2. The number of hydrogen-bond donors (Lipinski definition) is 2. The van der Waals surface area contributed by atoms with Crippen LogP contribution in [0.25, 0.3) is 0 Å². The van der Waals surface area contributed by atoms with Crippen molar-refractivity contribution in [3.05, 3.63) is 80.8 Å². The summed E-state index contributed by atoms with van der Waals surface area (Å²) in [6.45, 7) is 8.47. The van der Waals surface area contributed by atoms with Crippen molar-refractivity contribution < 1.29 is 9.47 Å². The molecule has 0 amide bonds. The summed E-state index contributed by atoms with van der Waals surface area (Å²) in [5.41, 5.74) is 6.94. The molecule has 0 aliphatic carbocycles. The van der Waals surface area contributed by atoms with Crippen LogP contribution in [0.2, 0.25) is 0 Å². The molecule has 0 spiro atoms. The second-order valence-corrected chi connectivity index (χ2v) is 6.91. The maximum atomic E-state index is 11.8. The largest absolute Gasteiger partial charge is 0.490 e. The second kappa shape index (κ2) is 9.73. The number of H-pyrrole nitrogens is 1. The molecule has 7 nitrogen and oxygen atoms in total. The summed E-state index contributed by atoms with van der Waals surface area (Å²) >= 11 is 0. The van der Waals surface area contributed by atoms with Crippen molar-refractivity contribution in [1.82, 2.24) is 9.97 Å². The van der Waals surface area contributed by atoms with E-state index >= 15 is 0 Å². The number of rotatable bonds is 8. The Kier molecular flexibility index (Phi) is 6.85. The third-order valence-corrected chi connectivity index (χ3v) is 4.56. The van der Waals surface area contributed by atoms with Crippen molar-refractivity contribution in [2.24, 2.45) is 5.10 Å². The number of ether oxygens (including phenoxy) is 2. The fourth-order valence-electron chi connectivity index (χ4n) is 2.70. The summed E-state index contributed by atoms with van der Waals surface area (Å²) in [7, 11) is 0. The molecule has 30 heavy (non-hydrogen) atoms. The molecule has 0 aliphatic heterocycles. The molecule has 7 heteroatoms. The Balaban J connectivity index is 1.70. The molecule has 0 fully saturated rings. The molecular weight excluding hydrogens is 380 g/mol. The lowest BCUT2D eigenvalue weighted by molar-refractivity contribution is 0.269. The van der Waals surface area contributed by atoms with Crippen LogP contribution in [0.4, 0.5) is 5.95 Å². The Hall–Kier alpha value is -3.61. The molecule has 3 rings (SSSR count). The minimum Gasteiger partial charge on any atom is -0.490 e. The normalized spacial score (nSPS) is 10.9. The summed E-state index contributed by atoms with van der Waals surface area (Å²) in [5.74, 6) is 1.61. The van der Waals surface area contributed by atoms with Crippen LogP contribution in [0.3, 0.4) is 0 Å². The quantitative estimate of drug-likeness (QED) is 0.434. The molecule has 1 aromatic heterocycles. The highest BCUT2D eigenvalue weighted by atomic mass is 16.5. The van der Waals surface area contributed by atoms with E-state index in [9.17, 15) is 4.79 Å². The highest BCUT2D eigenvalue weighted by Gasteiger charge is 2.07. The lowest BCUT2D eigenvalue weighted by Gasteiger charge is -2.13. The van der Waals surface area contributed by atoms with E-state index in [4.69, 9.17) is 9.47 Å². The van der Waals surface area contributed by atoms with E-state index in [1.165, 1.54) is 5.56 Å². The highest BCUT2D eigenvalue weighted by molar-refractivity contribution is 5.81. The van der Waals surface area contributed by atoms with Crippen LogP contribution in [-0.2, 0) is 6.61 Å². The van der Waals surface area contributed by atoms with E-state index in [0.717, 1.165) is 11.1 Å². The number of benzene rings is 2. The van der Waals surface area contributed by atoms with Crippen molar-refractivity contribution in [3.8, 4) is 11.5 Å². The lowest BCUT2D eigenvalue weighted by Crippen LogP contribution is -2.15. The zero-order valence-electron chi connectivity index (χ0n) is 17.7. The van der Waals surface area contributed by atoms with Gasteiger partial charge in [-0.2, -0.15) is 5.10 Å². The van der Waals surface area contributed by atoms with Gasteiger partial charge in [0.25, 0.3) is 5.56 Å². The van der Waals surface area contributed by atoms with Crippen molar-refractivity contribution in [1.29, 1.82) is 0 Å². The van der Waals surface area contributed by atoms with Gasteiger partial charge in [-0.15, -0.1) is 0 Å². The molecule has 0 radical (unpaired) electrons. The Morgan fingerprint density at radius 3 is 2.53 bits per heavy atom. The fraction of sp³-hybridized carbons (Fsp3) is 0.261. The van der Waals surface area contributed by atoms with Crippen LogP contribution in [-0.4, -0.2) is 22.8 Å². The third-order valence-electron chi connectivity index (χ3n) is 4.56. The summed E-state index contributed by atoms with van der Waals surface area (Å²) in [6, 6.07) is 13.8. The first kappa shape index (κ1) is 21.1. The van der Waals surface area contributed by atoms with Crippen LogP contribution in [0.5, 0.6) is 11.5 Å². The van der Waals surface area contributed by atoms with Gasteiger partial charge in [0.05, 0.1) is 12.8 Å². The number of anilines is 1. The van der Waals surface area contributed by atoms with Crippen LogP contribution in [0, 0.1) is 20.8 Å². The van der Waals surface area contributed by atoms with Crippen molar-refractivity contribution in [2.45, 2.75) is 34.3 Å². The van der Waals surface area contributed by atoms with Gasteiger partial charge in [0.2, 0.25) is 5.95 Å². The number of nitrogens with one attached hydrogen (secondary N) is 2. The lowest BCUT2D eigenvalue weighted by atomic mass is 10.2. The Labute approximate surface area is 175 Å². The second-order valence-electron chi connectivity index (χ2n) is 6.91. The molecule has 2 aromatic carbocycles. The van der Waals surface area contributed by atoms with Gasteiger partial charge in [0.15, 0.2) is 11.5 Å². The molecule has 0 unspecified atom stereocenters. The van der Waals surface area contributed by atoms with Crippen molar-refractivity contribution >= 4 is 12.2 Å². The molecule has 2 N–H and O–H groups in total. The average molecular weight is 406 g/mol. The third kappa shape index (κ3) is 5.47. The van der Waals surface area contributed by atoms with Gasteiger partial charge in [-0.3, -0.25) is 9.78 Å². The molecule has 0 saturated carbocycles. The topological polar surface area (TPSA) is 88.6 Å². The van der Waals surface area contributed by atoms with Gasteiger partial charge >= 0.3 is 0 Å². The number of hydrazone groups is 1. The minimum absolute atomic E-state index is 0.186. The Bertz CT molecular complexity index is 1090. The minimum atomic E-state index is -0.186. The number of hydrogen-bond acceptors (Lipinski definition) is 6. The molecular formula is C23H26N4O3. The van der Waals surface area contributed by atoms with E-state index in [0.29, 0.717) is 41.9 Å². The Morgan fingerprint density at radius 2 is 1.83 bits per heavy atom. The van der Waals surface area contributed by atoms with E-state index in [-0.39, 0.29) is 5.56 Å². The summed E-state index contributed by atoms with van der Waals surface area (Å²) in [4.78, 5) is 18.7. The Morgan fingerprint density at radius 1 is 1.07 bits per heavy atom. The standard InChI is InChI=1S/C23H26N4O3/c1-5-29-21-12-19(13-24-27-23-25-17(4)16(3)22(28)26-23)10-11-20(21)30-14-18-8-6-15(2)7-9-18/h6-13H,5,14H2,1-4H3,(H2,25,26,27,28)/b24-13-. The summed E-state index contributed by atoms with van der Waals surface area (Å²) < 4.78 is 11.7. The van der Waals surface area contributed by atoms with Crippen LogP contribution < -0.4 is 20.5 Å². The smallest absolute Gasteiger partial charge is 0.255 e. The summed E-state index contributed by atoms with van der Waals surface area (Å²) in [6.07, 6.45) is 1.63. The maximum Gasteiger partial charge on any atom is 0.255 e. The molecule has 0 saturated heterocycles. The van der Waals surface area contributed by atoms with Crippen molar-refractivity contribution in [3.63, 3.8) is 0 Å². The molecule has 0 aliphatic rings. The first-order chi connectivity index (χ1) is 14.5. The van der Waals surface area contributed by atoms with Crippen LogP contribution in [0.15, 0.2) is 52.4 Å². The molecule has 0 atom stereocenters. The molecule has 1 heterocycles. The SMILES string of the molecule is CCOc1cc(/C=N\Nc2nc(C)c(C)c(=O)[nH]2)ccc1OCc1ccc(C)cc1. The van der Waals surface area contributed by atoms with Gasteiger partial charge < -0.3 is 9.47 Å². The highest BCUT2D eigenvalue weighted by Crippen LogP contribution is 2.29. The van der Waals surface area contributed by atoms with Gasteiger partial charge in [-0.1, -0.05) is 29.8 Å². The van der Waals surface area contributed by atoms with E-state index in [1.54, 1.807) is 20.1 Å². The first-order valence-electron chi connectivity index (χ1n) is 9.78. The van der Waals surface area contributed by atoms with Gasteiger partial charge in [-0.25, -0.2) is 10.4 Å². The number of aromatic nitrogens is 2. The fourth-order valence-corrected chi connectivity index (χ4v) is 2.70. The molecule has 156 valence electrons. The van der Waals surface area contributed by atoms with E-state index in [1.807, 2.05) is 37.3 Å². The first-order valence-corrected chi connectivity index (χ1v) is 9.78. The zero-order valence-corrected chi connectivity index (χ0v) is 17.7. The number of aryl methyl sites for hydroxylation is 2.